The summed E-state index contributed by atoms with van der Waals surface area (Å²) in [5.41, 5.74) is 5.48. The maximum atomic E-state index is 12.7. The van der Waals surface area contributed by atoms with Crippen molar-refractivity contribution in [1.82, 2.24) is 10.2 Å². The number of hydrogen-bond donors (Lipinski definition) is 2. The molecule has 2 aliphatic heterocycles. The van der Waals surface area contributed by atoms with Crippen LogP contribution in [0.5, 0.6) is 5.75 Å². The number of rotatable bonds is 7. The fraction of sp³-hybridized carbons (Fsp3) is 0.286. The highest BCUT2D eigenvalue weighted by atomic mass is 32.2. The number of fused-ring (bicyclic) bond motifs is 1. The number of amides is 2. The maximum Gasteiger partial charge on any atom is 0.330 e. The summed E-state index contributed by atoms with van der Waals surface area (Å²) in [6.45, 7) is -0.134. The van der Waals surface area contributed by atoms with E-state index in [9.17, 15) is 14.4 Å². The Morgan fingerprint density at radius 1 is 1.13 bits per heavy atom. The van der Waals surface area contributed by atoms with E-state index in [0.717, 1.165) is 5.56 Å². The summed E-state index contributed by atoms with van der Waals surface area (Å²) < 4.78 is 10.7. The van der Waals surface area contributed by atoms with Crippen LogP contribution in [-0.4, -0.2) is 52.1 Å². The van der Waals surface area contributed by atoms with Crippen molar-refractivity contribution in [2.75, 3.05) is 12.4 Å². The van der Waals surface area contributed by atoms with Crippen molar-refractivity contribution in [2.24, 2.45) is 5.73 Å². The lowest BCUT2D eigenvalue weighted by molar-refractivity contribution is -0.170. The Morgan fingerprint density at radius 2 is 1.80 bits per heavy atom. The molecule has 0 aliphatic carbocycles. The molecule has 2 aliphatic rings. The van der Waals surface area contributed by atoms with Crippen LogP contribution in [-0.2, 0) is 25.7 Å². The Kier molecular flexibility index (Phi) is 5.65. The highest BCUT2D eigenvalue weighted by molar-refractivity contribution is 8.00. The zero-order valence-electron chi connectivity index (χ0n) is 16.0. The number of esters is 1. The van der Waals surface area contributed by atoms with Gasteiger partial charge in [-0.25, -0.2) is 4.79 Å². The molecule has 0 bridgehead atoms. The van der Waals surface area contributed by atoms with E-state index in [4.69, 9.17) is 15.2 Å². The van der Waals surface area contributed by atoms with Gasteiger partial charge in [0.05, 0.1) is 0 Å². The van der Waals surface area contributed by atoms with Crippen molar-refractivity contribution < 1.29 is 23.9 Å². The van der Waals surface area contributed by atoms with Gasteiger partial charge in [-0.2, -0.15) is 0 Å². The highest BCUT2D eigenvalue weighted by Gasteiger charge is 2.66. The Morgan fingerprint density at radius 3 is 2.50 bits per heavy atom. The van der Waals surface area contributed by atoms with Crippen molar-refractivity contribution in [3.63, 3.8) is 0 Å². The summed E-state index contributed by atoms with van der Waals surface area (Å²) in [6.07, 6.45) is 0. The zero-order chi connectivity index (χ0) is 21.1. The number of hydrogen-bond acceptors (Lipinski definition) is 7. The molecule has 2 heterocycles. The Hall–Kier alpha value is -3.04. The first-order valence-electron chi connectivity index (χ1n) is 9.42. The molecule has 0 aromatic heterocycles. The monoisotopic (exact) mass is 427 g/mol. The minimum atomic E-state index is -1.56. The van der Waals surface area contributed by atoms with Gasteiger partial charge in [0.2, 0.25) is 0 Å². The average Bonchev–Trinajstić information content (AvgIpc) is 3.20. The molecule has 30 heavy (non-hydrogen) atoms. The number of nitrogens with one attached hydrogen (secondary N) is 1. The van der Waals surface area contributed by atoms with Crippen molar-refractivity contribution in [2.45, 2.75) is 23.7 Å². The van der Waals surface area contributed by atoms with Gasteiger partial charge in [-0.15, -0.1) is 11.8 Å². The number of benzene rings is 2. The van der Waals surface area contributed by atoms with Crippen LogP contribution in [0, 0.1) is 0 Å². The molecular weight excluding hydrogens is 406 g/mol. The number of thioether (sulfide) groups is 1. The largest absolute Gasteiger partial charge is 0.484 e. The minimum Gasteiger partial charge on any atom is -0.484 e. The topological polar surface area (TPSA) is 111 Å². The molecule has 3 N–H and O–H groups in total. The molecule has 2 aromatic carbocycles. The number of ether oxygens (including phenoxy) is 2. The highest BCUT2D eigenvalue weighted by Crippen LogP contribution is 2.43. The average molecular weight is 427 g/mol. The third kappa shape index (κ3) is 3.86. The number of carbonyl (C=O) groups is 3. The van der Waals surface area contributed by atoms with Gasteiger partial charge in [0.1, 0.15) is 23.8 Å². The van der Waals surface area contributed by atoms with Gasteiger partial charge in [-0.05, 0) is 17.7 Å². The fourth-order valence-electron chi connectivity index (χ4n) is 3.41. The molecule has 2 saturated heterocycles. The number of para-hydroxylation sites is 1. The molecule has 9 heteroatoms. The van der Waals surface area contributed by atoms with Crippen molar-refractivity contribution >= 4 is 29.5 Å². The van der Waals surface area contributed by atoms with Crippen LogP contribution in [0.1, 0.15) is 5.56 Å². The standard InChI is InChI=1S/C21H21N3O5S/c22-21(23-17(25)12-28-15-9-5-2-6-10-15)19(27)24-16(13-30-20(21)24)18(26)29-11-14-7-3-1-4-8-14/h1-10,16,20H,11-13,22H2,(H,23,25)/t16?,20-,21-/m1/s1. The van der Waals surface area contributed by atoms with E-state index < -0.39 is 34.9 Å². The van der Waals surface area contributed by atoms with E-state index in [0.29, 0.717) is 11.5 Å². The molecule has 0 saturated carbocycles. The summed E-state index contributed by atoms with van der Waals surface area (Å²) in [5, 5.41) is 2.02. The van der Waals surface area contributed by atoms with Gasteiger partial charge in [0, 0.05) is 5.75 Å². The van der Waals surface area contributed by atoms with Crippen LogP contribution in [0.3, 0.4) is 0 Å². The number of nitrogens with zero attached hydrogens (tertiary/aromatic N) is 1. The van der Waals surface area contributed by atoms with E-state index in [2.05, 4.69) is 5.32 Å². The molecule has 1 unspecified atom stereocenters. The smallest absolute Gasteiger partial charge is 0.330 e. The lowest BCUT2D eigenvalue weighted by Crippen LogP contribution is -2.84. The molecule has 0 radical (unpaired) electrons. The Bertz CT molecular complexity index is 942. The van der Waals surface area contributed by atoms with Crippen LogP contribution in [0.2, 0.25) is 0 Å². The van der Waals surface area contributed by atoms with Crippen LogP contribution in [0.4, 0.5) is 0 Å². The van der Waals surface area contributed by atoms with Gasteiger partial charge in [-0.3, -0.25) is 15.3 Å². The first-order chi connectivity index (χ1) is 14.5. The fourth-order valence-corrected chi connectivity index (χ4v) is 4.90. The number of carbonyl (C=O) groups excluding carboxylic acids is 3. The summed E-state index contributed by atoms with van der Waals surface area (Å²) in [7, 11) is 0. The quantitative estimate of drug-likeness (QED) is 0.383. The first-order valence-corrected chi connectivity index (χ1v) is 10.5. The number of nitrogens with two attached hydrogens (primary N) is 1. The molecule has 2 fully saturated rings. The van der Waals surface area contributed by atoms with Crippen LogP contribution >= 0.6 is 11.8 Å². The maximum absolute atomic E-state index is 12.7. The normalized spacial score (nSPS) is 24.6. The van der Waals surface area contributed by atoms with Gasteiger partial charge in [0.25, 0.3) is 11.8 Å². The van der Waals surface area contributed by atoms with Crippen LogP contribution in [0.25, 0.3) is 0 Å². The molecule has 8 nitrogen and oxygen atoms in total. The van der Waals surface area contributed by atoms with Crippen molar-refractivity contribution in [3.8, 4) is 5.75 Å². The second-order valence-electron chi connectivity index (χ2n) is 7.03. The zero-order valence-corrected chi connectivity index (χ0v) is 16.8. The van der Waals surface area contributed by atoms with Crippen molar-refractivity contribution in [3.05, 3.63) is 66.2 Å². The molecule has 156 valence electrons. The molecule has 2 amide bonds. The number of β-lactam (4-membered cyclic amide) rings is 1. The van der Waals surface area contributed by atoms with E-state index in [-0.39, 0.29) is 13.2 Å². The van der Waals surface area contributed by atoms with Crippen LogP contribution in [0.15, 0.2) is 60.7 Å². The summed E-state index contributed by atoms with van der Waals surface area (Å²) in [6, 6.07) is 17.4. The van der Waals surface area contributed by atoms with Crippen LogP contribution < -0.4 is 15.8 Å². The lowest BCUT2D eigenvalue weighted by Gasteiger charge is -2.50. The second kappa shape index (κ2) is 8.37. The van der Waals surface area contributed by atoms with E-state index in [1.807, 2.05) is 36.4 Å². The molecule has 0 spiro atoms. The predicted molar refractivity (Wildman–Crippen MR) is 110 cm³/mol. The van der Waals surface area contributed by atoms with E-state index in [1.54, 1.807) is 24.3 Å². The lowest BCUT2D eigenvalue weighted by atomic mass is 9.97. The van der Waals surface area contributed by atoms with E-state index in [1.165, 1.54) is 16.7 Å². The van der Waals surface area contributed by atoms with Gasteiger partial charge in [0.15, 0.2) is 12.3 Å². The molecule has 4 rings (SSSR count). The predicted octanol–water partition coefficient (Wildman–Crippen LogP) is 0.864. The van der Waals surface area contributed by atoms with Gasteiger partial charge in [-0.1, -0.05) is 48.5 Å². The SMILES string of the molecule is N[C@@]1(NC(=O)COc2ccccc2)C(=O)N2C(C(=O)OCc3ccccc3)CS[C@@H]21. The van der Waals surface area contributed by atoms with E-state index >= 15 is 0 Å². The third-order valence-corrected chi connectivity index (χ3v) is 6.36. The summed E-state index contributed by atoms with van der Waals surface area (Å²) >= 11 is 1.34. The second-order valence-corrected chi connectivity index (χ2v) is 8.14. The van der Waals surface area contributed by atoms with Gasteiger partial charge >= 0.3 is 5.97 Å². The van der Waals surface area contributed by atoms with Gasteiger partial charge < -0.3 is 19.7 Å². The minimum absolute atomic E-state index is 0.134. The molecule has 3 atom stereocenters. The van der Waals surface area contributed by atoms with Crippen molar-refractivity contribution in [1.29, 1.82) is 0 Å². The summed E-state index contributed by atoms with van der Waals surface area (Å²) in [4.78, 5) is 38.8. The summed E-state index contributed by atoms with van der Waals surface area (Å²) in [5.74, 6) is -0.601. The Labute approximate surface area is 177 Å². The third-order valence-electron chi connectivity index (χ3n) is 4.93. The molecule has 2 aromatic rings. The molecular formula is C21H21N3O5S. The first kappa shape index (κ1) is 20.2. The Balaban J connectivity index is 1.31.